The molecule has 0 bridgehead atoms. The Morgan fingerprint density at radius 2 is 1.90 bits per heavy atom. The molecule has 2 aliphatic heterocycles. The first-order chi connectivity index (χ1) is 14.5. The van der Waals surface area contributed by atoms with Gasteiger partial charge < -0.3 is 20.1 Å². The maximum atomic E-state index is 5.50. The lowest BCUT2D eigenvalue weighted by Crippen LogP contribution is -2.56. The third-order valence-corrected chi connectivity index (χ3v) is 6.30. The van der Waals surface area contributed by atoms with E-state index in [9.17, 15) is 0 Å². The Kier molecular flexibility index (Phi) is 8.36. The van der Waals surface area contributed by atoms with Crippen molar-refractivity contribution in [3.8, 4) is 5.75 Å². The summed E-state index contributed by atoms with van der Waals surface area (Å²) >= 11 is 0. The van der Waals surface area contributed by atoms with Gasteiger partial charge in [-0.15, -0.1) is 0 Å². The molecular weight excluding hydrogens is 378 g/mol. The predicted molar refractivity (Wildman–Crippen MR) is 122 cm³/mol. The number of nitrogens with zero attached hydrogens (tertiary/aromatic N) is 3. The fraction of sp³-hybridized carbons (Fsp3) is 0.696. The van der Waals surface area contributed by atoms with E-state index in [4.69, 9.17) is 9.47 Å². The average Bonchev–Trinajstić information content (AvgIpc) is 3.31. The van der Waals surface area contributed by atoms with Gasteiger partial charge in [0, 0.05) is 38.8 Å². The van der Waals surface area contributed by atoms with Gasteiger partial charge in [0.05, 0.1) is 26.4 Å². The van der Waals surface area contributed by atoms with Gasteiger partial charge in [-0.05, 0) is 57.5 Å². The van der Waals surface area contributed by atoms with Crippen LogP contribution in [0.4, 0.5) is 0 Å². The smallest absolute Gasteiger partial charge is 0.191 e. The lowest BCUT2D eigenvalue weighted by atomic mass is 10.0. The highest BCUT2D eigenvalue weighted by molar-refractivity contribution is 5.79. The Labute approximate surface area is 181 Å². The van der Waals surface area contributed by atoms with Gasteiger partial charge in [-0.3, -0.25) is 14.8 Å². The number of methoxy groups -OCH3 is 1. The number of guanidine groups is 1. The number of morpholine rings is 1. The van der Waals surface area contributed by atoms with E-state index in [1.807, 2.05) is 13.1 Å². The highest BCUT2D eigenvalue weighted by Crippen LogP contribution is 2.27. The Balaban J connectivity index is 1.60. The number of hydrogen-bond acceptors (Lipinski definition) is 5. The molecule has 7 nitrogen and oxygen atoms in total. The van der Waals surface area contributed by atoms with Crippen molar-refractivity contribution in [2.45, 2.75) is 38.3 Å². The van der Waals surface area contributed by atoms with Crippen LogP contribution in [0.3, 0.4) is 0 Å². The van der Waals surface area contributed by atoms with Gasteiger partial charge in [-0.1, -0.05) is 12.1 Å². The second-order valence-electron chi connectivity index (χ2n) is 8.75. The van der Waals surface area contributed by atoms with Crippen LogP contribution >= 0.6 is 0 Å². The van der Waals surface area contributed by atoms with Crippen molar-refractivity contribution < 1.29 is 9.47 Å². The Hall–Kier alpha value is -1.83. The molecule has 2 aliphatic rings. The van der Waals surface area contributed by atoms with Crippen LogP contribution in [0.25, 0.3) is 0 Å². The van der Waals surface area contributed by atoms with E-state index in [1.54, 1.807) is 7.11 Å². The molecule has 0 amide bonds. The zero-order valence-corrected chi connectivity index (χ0v) is 19.1. The van der Waals surface area contributed by atoms with Crippen LogP contribution in [0, 0.1) is 0 Å². The average molecular weight is 418 g/mol. The van der Waals surface area contributed by atoms with E-state index in [0.29, 0.717) is 6.04 Å². The fourth-order valence-corrected chi connectivity index (χ4v) is 4.35. The number of likely N-dealkylation sites (tertiary alicyclic amines) is 1. The van der Waals surface area contributed by atoms with E-state index in [0.717, 1.165) is 64.2 Å². The molecule has 2 N–H and O–H groups in total. The third-order valence-electron chi connectivity index (χ3n) is 6.30. The number of nitrogens with one attached hydrogen (secondary N) is 2. The highest BCUT2D eigenvalue weighted by atomic mass is 16.5. The topological polar surface area (TPSA) is 61.4 Å². The van der Waals surface area contributed by atoms with Crippen LogP contribution in [-0.2, 0) is 4.74 Å². The van der Waals surface area contributed by atoms with Crippen LogP contribution in [0.2, 0.25) is 0 Å². The molecule has 0 radical (unpaired) electrons. The molecule has 2 heterocycles. The largest absolute Gasteiger partial charge is 0.497 e. The first kappa shape index (κ1) is 22.8. The van der Waals surface area contributed by atoms with Crippen LogP contribution < -0.4 is 15.4 Å². The summed E-state index contributed by atoms with van der Waals surface area (Å²) < 4.78 is 11.0. The molecule has 30 heavy (non-hydrogen) atoms. The number of ether oxygens (including phenoxy) is 2. The fourth-order valence-electron chi connectivity index (χ4n) is 4.35. The molecule has 0 aromatic heterocycles. The van der Waals surface area contributed by atoms with Crippen LogP contribution in [0.5, 0.6) is 5.75 Å². The van der Waals surface area contributed by atoms with E-state index in [2.05, 4.69) is 57.5 Å². The van der Waals surface area contributed by atoms with Crippen molar-refractivity contribution in [2.75, 3.05) is 66.6 Å². The van der Waals surface area contributed by atoms with Crippen molar-refractivity contribution in [1.29, 1.82) is 0 Å². The van der Waals surface area contributed by atoms with Crippen LogP contribution in [-0.4, -0.2) is 87.9 Å². The maximum absolute atomic E-state index is 5.50. The summed E-state index contributed by atoms with van der Waals surface area (Å²) in [5, 5.41) is 7.11. The summed E-state index contributed by atoms with van der Waals surface area (Å²) in [6.07, 6.45) is 2.53. The molecule has 0 aliphatic carbocycles. The summed E-state index contributed by atoms with van der Waals surface area (Å²) in [6.45, 7) is 12.1. The number of aliphatic imine (C=N–C) groups is 1. The van der Waals surface area contributed by atoms with Crippen molar-refractivity contribution in [1.82, 2.24) is 20.4 Å². The van der Waals surface area contributed by atoms with Crippen molar-refractivity contribution in [3.63, 3.8) is 0 Å². The van der Waals surface area contributed by atoms with E-state index in [1.165, 1.54) is 18.4 Å². The Bertz CT molecular complexity index is 682. The molecule has 1 atom stereocenters. The first-order valence-electron chi connectivity index (χ1n) is 11.2. The van der Waals surface area contributed by atoms with Gasteiger partial charge in [0.1, 0.15) is 5.75 Å². The molecule has 0 saturated carbocycles. The molecule has 7 heteroatoms. The van der Waals surface area contributed by atoms with Crippen LogP contribution in [0.15, 0.2) is 29.3 Å². The van der Waals surface area contributed by atoms with E-state index < -0.39 is 0 Å². The molecule has 168 valence electrons. The second kappa shape index (κ2) is 11.0. The summed E-state index contributed by atoms with van der Waals surface area (Å²) in [5.74, 6) is 1.76. The van der Waals surface area contributed by atoms with Gasteiger partial charge in [0.25, 0.3) is 0 Å². The zero-order chi connectivity index (χ0) is 21.4. The minimum Gasteiger partial charge on any atom is -0.497 e. The standard InChI is InChI=1S/C23H39N5O2/c1-23(2,28-12-14-30-15-13-28)18-26-22(24-3)25-17-21(27-10-5-6-11-27)19-8-7-9-20(16-19)29-4/h7-9,16,21H,5-6,10-15,17-18H2,1-4H3,(H2,24,25,26). The maximum Gasteiger partial charge on any atom is 0.191 e. The molecule has 2 fully saturated rings. The van der Waals surface area contributed by atoms with Crippen LogP contribution in [0.1, 0.15) is 38.3 Å². The van der Waals surface area contributed by atoms with Crippen molar-refractivity contribution in [3.05, 3.63) is 29.8 Å². The number of rotatable bonds is 8. The monoisotopic (exact) mass is 417 g/mol. The molecular formula is C23H39N5O2. The van der Waals surface area contributed by atoms with Gasteiger partial charge in [0.2, 0.25) is 0 Å². The summed E-state index contributed by atoms with van der Waals surface area (Å²) in [6, 6.07) is 8.74. The molecule has 2 saturated heterocycles. The second-order valence-corrected chi connectivity index (χ2v) is 8.75. The number of hydrogen-bond donors (Lipinski definition) is 2. The van der Waals surface area contributed by atoms with Crippen molar-refractivity contribution >= 4 is 5.96 Å². The number of benzene rings is 1. The highest BCUT2D eigenvalue weighted by Gasteiger charge is 2.29. The SMILES string of the molecule is CN=C(NCC(c1cccc(OC)c1)N1CCCC1)NCC(C)(C)N1CCOCC1. The van der Waals surface area contributed by atoms with Gasteiger partial charge in [-0.2, -0.15) is 0 Å². The summed E-state index contributed by atoms with van der Waals surface area (Å²) in [5.41, 5.74) is 1.33. The molecule has 1 unspecified atom stereocenters. The quantitative estimate of drug-likeness (QED) is 0.499. The molecule has 3 rings (SSSR count). The van der Waals surface area contributed by atoms with Gasteiger partial charge in [-0.25, -0.2) is 0 Å². The Morgan fingerprint density at radius 1 is 1.17 bits per heavy atom. The predicted octanol–water partition coefficient (Wildman–Crippen LogP) is 2.11. The lowest BCUT2D eigenvalue weighted by Gasteiger charge is -2.41. The normalized spacial score (nSPS) is 20.2. The van der Waals surface area contributed by atoms with E-state index in [-0.39, 0.29) is 5.54 Å². The zero-order valence-electron chi connectivity index (χ0n) is 19.1. The van der Waals surface area contributed by atoms with Gasteiger partial charge >= 0.3 is 0 Å². The first-order valence-corrected chi connectivity index (χ1v) is 11.2. The van der Waals surface area contributed by atoms with Gasteiger partial charge in [0.15, 0.2) is 5.96 Å². The van der Waals surface area contributed by atoms with E-state index >= 15 is 0 Å². The molecule has 0 spiro atoms. The molecule has 1 aromatic carbocycles. The summed E-state index contributed by atoms with van der Waals surface area (Å²) in [4.78, 5) is 9.52. The van der Waals surface area contributed by atoms with Crippen molar-refractivity contribution in [2.24, 2.45) is 4.99 Å². The minimum atomic E-state index is 0.0442. The minimum absolute atomic E-state index is 0.0442. The third kappa shape index (κ3) is 6.09. The lowest BCUT2D eigenvalue weighted by molar-refractivity contribution is -0.00834. The Morgan fingerprint density at radius 3 is 2.57 bits per heavy atom. The molecule has 1 aromatic rings. The summed E-state index contributed by atoms with van der Waals surface area (Å²) in [7, 11) is 3.57.